The van der Waals surface area contributed by atoms with E-state index in [1.54, 1.807) is 0 Å². The van der Waals surface area contributed by atoms with Gasteiger partial charge in [0.15, 0.2) is 0 Å². The Hall–Kier alpha value is -0.0800. The van der Waals surface area contributed by atoms with Crippen LogP contribution in [0, 0.1) is 29.1 Å². The highest BCUT2D eigenvalue weighted by atomic mass is 14.9. The molecule has 0 aromatic heterocycles. The molecule has 1 saturated carbocycles. The second-order valence-corrected chi connectivity index (χ2v) is 7.67. The quantitative estimate of drug-likeness (QED) is 0.739. The minimum Gasteiger partial charge on any atom is -0.330 e. The maximum Gasteiger partial charge on any atom is 0.00200 e. The van der Waals surface area contributed by atoms with Gasteiger partial charge in [0.2, 0.25) is 0 Å². The SMILES string of the molecule is CC1CCC(CN)(CNCC(C(C)C)C(C)C)CC1. The van der Waals surface area contributed by atoms with Crippen molar-refractivity contribution in [2.45, 2.75) is 60.3 Å². The number of hydrogen-bond acceptors (Lipinski definition) is 2. The van der Waals surface area contributed by atoms with E-state index in [-0.39, 0.29) is 0 Å². The third-order valence-corrected chi connectivity index (χ3v) is 5.36. The van der Waals surface area contributed by atoms with Crippen molar-refractivity contribution in [3.63, 3.8) is 0 Å². The summed E-state index contributed by atoms with van der Waals surface area (Å²) >= 11 is 0. The molecule has 19 heavy (non-hydrogen) atoms. The van der Waals surface area contributed by atoms with Crippen molar-refractivity contribution in [3.05, 3.63) is 0 Å². The molecule has 0 aliphatic heterocycles. The molecule has 2 heteroatoms. The minimum atomic E-state index is 0.380. The summed E-state index contributed by atoms with van der Waals surface area (Å²) in [5.41, 5.74) is 6.46. The predicted octanol–water partition coefficient (Wildman–Crippen LogP) is 3.66. The molecule has 0 unspecified atom stereocenters. The van der Waals surface area contributed by atoms with Crippen molar-refractivity contribution < 1.29 is 0 Å². The molecule has 0 bridgehead atoms. The second kappa shape index (κ2) is 7.64. The molecule has 0 amide bonds. The van der Waals surface area contributed by atoms with Gasteiger partial charge in [-0.2, -0.15) is 0 Å². The minimum absolute atomic E-state index is 0.380. The normalized spacial score (nSPS) is 28.6. The summed E-state index contributed by atoms with van der Waals surface area (Å²) in [5.74, 6) is 3.19. The fourth-order valence-electron chi connectivity index (χ4n) is 3.57. The van der Waals surface area contributed by atoms with Gasteiger partial charge in [0, 0.05) is 6.54 Å². The van der Waals surface area contributed by atoms with Crippen LogP contribution in [0.1, 0.15) is 60.3 Å². The molecule has 0 aromatic rings. The first-order valence-electron chi connectivity index (χ1n) is 8.31. The summed E-state index contributed by atoms with van der Waals surface area (Å²) in [5, 5.41) is 3.74. The molecule has 0 aromatic carbocycles. The monoisotopic (exact) mass is 268 g/mol. The first-order valence-corrected chi connectivity index (χ1v) is 8.31. The smallest absolute Gasteiger partial charge is 0.00200 e. The van der Waals surface area contributed by atoms with Crippen molar-refractivity contribution >= 4 is 0 Å². The van der Waals surface area contributed by atoms with Crippen molar-refractivity contribution in [1.82, 2.24) is 5.32 Å². The summed E-state index contributed by atoms with van der Waals surface area (Å²) in [4.78, 5) is 0. The Morgan fingerprint density at radius 3 is 2.05 bits per heavy atom. The summed E-state index contributed by atoms with van der Waals surface area (Å²) in [6.45, 7) is 14.8. The molecule has 0 spiro atoms. The van der Waals surface area contributed by atoms with E-state index in [1.165, 1.54) is 25.7 Å². The lowest BCUT2D eigenvalue weighted by Gasteiger charge is -2.39. The van der Waals surface area contributed by atoms with E-state index < -0.39 is 0 Å². The predicted molar refractivity (Wildman–Crippen MR) is 85.2 cm³/mol. The first kappa shape index (κ1) is 17.0. The topological polar surface area (TPSA) is 38.0 Å². The molecule has 2 nitrogen and oxygen atoms in total. The van der Waals surface area contributed by atoms with Crippen LogP contribution in [-0.2, 0) is 0 Å². The largest absolute Gasteiger partial charge is 0.330 e. The van der Waals surface area contributed by atoms with Crippen LogP contribution in [0.15, 0.2) is 0 Å². The highest BCUT2D eigenvalue weighted by molar-refractivity contribution is 4.88. The second-order valence-electron chi connectivity index (χ2n) is 7.67. The van der Waals surface area contributed by atoms with Gasteiger partial charge in [-0.15, -0.1) is 0 Å². The first-order chi connectivity index (χ1) is 8.90. The standard InChI is InChI=1S/C17H36N2/c1-13(2)16(14(3)4)10-19-12-17(11-18)8-6-15(5)7-9-17/h13-16,19H,6-12,18H2,1-5H3. The van der Waals surface area contributed by atoms with Crippen LogP contribution in [0.4, 0.5) is 0 Å². The maximum absolute atomic E-state index is 6.08. The van der Waals surface area contributed by atoms with Crippen LogP contribution in [0.5, 0.6) is 0 Å². The molecule has 1 rings (SSSR count). The van der Waals surface area contributed by atoms with E-state index in [2.05, 4.69) is 39.9 Å². The Morgan fingerprint density at radius 1 is 1.11 bits per heavy atom. The van der Waals surface area contributed by atoms with Gasteiger partial charge in [-0.05, 0) is 55.0 Å². The molecular weight excluding hydrogens is 232 g/mol. The highest BCUT2D eigenvalue weighted by Gasteiger charge is 2.32. The average Bonchev–Trinajstić information content (AvgIpc) is 2.36. The summed E-state index contributed by atoms with van der Waals surface area (Å²) in [6.07, 6.45) is 5.34. The van der Waals surface area contributed by atoms with Crippen molar-refractivity contribution in [2.24, 2.45) is 34.8 Å². The van der Waals surface area contributed by atoms with Crippen molar-refractivity contribution in [2.75, 3.05) is 19.6 Å². The van der Waals surface area contributed by atoms with E-state index in [0.717, 1.165) is 43.3 Å². The van der Waals surface area contributed by atoms with E-state index in [9.17, 15) is 0 Å². The average molecular weight is 268 g/mol. The third kappa shape index (κ3) is 5.07. The molecule has 0 atom stereocenters. The fourth-order valence-corrected chi connectivity index (χ4v) is 3.57. The molecule has 0 radical (unpaired) electrons. The van der Waals surface area contributed by atoms with Crippen LogP contribution in [0.3, 0.4) is 0 Å². The fraction of sp³-hybridized carbons (Fsp3) is 1.00. The lowest BCUT2D eigenvalue weighted by Crippen LogP contribution is -2.44. The van der Waals surface area contributed by atoms with Gasteiger partial charge in [0.05, 0.1) is 0 Å². The Morgan fingerprint density at radius 2 is 1.63 bits per heavy atom. The molecule has 0 heterocycles. The Balaban J connectivity index is 2.41. The third-order valence-electron chi connectivity index (χ3n) is 5.36. The van der Waals surface area contributed by atoms with Crippen LogP contribution in [0.25, 0.3) is 0 Å². The Labute approximate surface area is 120 Å². The highest BCUT2D eigenvalue weighted by Crippen LogP contribution is 2.37. The van der Waals surface area contributed by atoms with Gasteiger partial charge in [-0.25, -0.2) is 0 Å². The number of rotatable bonds is 7. The molecule has 114 valence electrons. The maximum atomic E-state index is 6.08. The lowest BCUT2D eigenvalue weighted by atomic mass is 9.70. The van der Waals surface area contributed by atoms with Gasteiger partial charge >= 0.3 is 0 Å². The van der Waals surface area contributed by atoms with Crippen molar-refractivity contribution in [1.29, 1.82) is 0 Å². The zero-order valence-electron chi connectivity index (χ0n) is 13.8. The van der Waals surface area contributed by atoms with E-state index >= 15 is 0 Å². The Bertz CT molecular complexity index is 232. The Kier molecular flexibility index (Phi) is 6.82. The molecule has 3 N–H and O–H groups in total. The van der Waals surface area contributed by atoms with Gasteiger partial charge in [-0.3, -0.25) is 0 Å². The summed E-state index contributed by atoms with van der Waals surface area (Å²) in [6, 6.07) is 0. The zero-order chi connectivity index (χ0) is 14.5. The number of nitrogens with two attached hydrogens (primary N) is 1. The molecule has 0 saturated heterocycles. The molecule has 1 aliphatic rings. The van der Waals surface area contributed by atoms with E-state index in [0.29, 0.717) is 5.41 Å². The van der Waals surface area contributed by atoms with Gasteiger partial charge < -0.3 is 11.1 Å². The van der Waals surface area contributed by atoms with Crippen LogP contribution >= 0.6 is 0 Å². The van der Waals surface area contributed by atoms with Crippen molar-refractivity contribution in [3.8, 4) is 0 Å². The van der Waals surface area contributed by atoms with Crippen LogP contribution < -0.4 is 11.1 Å². The molecule has 1 aliphatic carbocycles. The van der Waals surface area contributed by atoms with Crippen LogP contribution in [-0.4, -0.2) is 19.6 Å². The summed E-state index contributed by atoms with van der Waals surface area (Å²) in [7, 11) is 0. The van der Waals surface area contributed by atoms with E-state index in [1.807, 2.05) is 0 Å². The molecular formula is C17H36N2. The van der Waals surface area contributed by atoms with Crippen LogP contribution in [0.2, 0.25) is 0 Å². The lowest BCUT2D eigenvalue weighted by molar-refractivity contribution is 0.152. The number of nitrogens with one attached hydrogen (secondary N) is 1. The summed E-state index contributed by atoms with van der Waals surface area (Å²) < 4.78 is 0. The number of hydrogen-bond donors (Lipinski definition) is 2. The van der Waals surface area contributed by atoms with Gasteiger partial charge in [0.1, 0.15) is 0 Å². The molecule has 1 fully saturated rings. The zero-order valence-corrected chi connectivity index (χ0v) is 13.8. The van der Waals surface area contributed by atoms with Gasteiger partial charge in [0.25, 0.3) is 0 Å². The van der Waals surface area contributed by atoms with E-state index in [4.69, 9.17) is 5.73 Å². The van der Waals surface area contributed by atoms with Gasteiger partial charge in [-0.1, -0.05) is 47.5 Å².